The molecule has 0 aromatic heterocycles. The second kappa shape index (κ2) is 24.9. The van der Waals surface area contributed by atoms with Gasteiger partial charge in [0.25, 0.3) is 0 Å². The van der Waals surface area contributed by atoms with Crippen LogP contribution in [0.1, 0.15) is 141 Å². The van der Waals surface area contributed by atoms with Crippen LogP contribution in [0.25, 0.3) is 11.1 Å². The Morgan fingerprint density at radius 1 is 0.806 bits per heavy atom. The van der Waals surface area contributed by atoms with Crippen LogP contribution < -0.4 is 16.4 Å². The number of amides is 4. The summed E-state index contributed by atoms with van der Waals surface area (Å²) >= 11 is 0. The number of nitrogens with one attached hydrogen (secondary N) is 2. The minimum absolute atomic E-state index is 0.0933. The van der Waals surface area contributed by atoms with Crippen molar-refractivity contribution in [2.45, 2.75) is 168 Å². The number of carboxylic acid groups (broad SMARTS) is 1. The number of nitrogens with zero attached hydrogens (tertiary/aromatic N) is 1. The fraction of sp³-hybridized carbons (Fsp3) is 0.611. The zero-order chi connectivity index (χ0) is 53.2. The molecule has 0 spiro atoms. The summed E-state index contributed by atoms with van der Waals surface area (Å²) in [4.78, 5) is 119. The molecule has 2 bridgehead atoms. The molecule has 3 saturated carbocycles. The van der Waals surface area contributed by atoms with Crippen molar-refractivity contribution in [3.05, 3.63) is 59.7 Å². The van der Waals surface area contributed by atoms with Crippen LogP contribution in [0.3, 0.4) is 0 Å². The second-order valence-corrected chi connectivity index (χ2v) is 21.3. The van der Waals surface area contributed by atoms with Crippen molar-refractivity contribution in [2.75, 3.05) is 13.7 Å². The van der Waals surface area contributed by atoms with Gasteiger partial charge in [-0.15, -0.1) is 0 Å². The van der Waals surface area contributed by atoms with Crippen LogP contribution in [0, 0.1) is 29.1 Å². The monoisotopic (exact) mass is 999 g/mol. The Morgan fingerprint density at radius 3 is 2.03 bits per heavy atom. The third-order valence-electron chi connectivity index (χ3n) is 15.6. The molecular formula is C54H75BN4O13. The number of aliphatic carboxylic acids is 1. The Morgan fingerprint density at radius 2 is 1.44 bits per heavy atom. The quantitative estimate of drug-likeness (QED) is 0.0502. The largest absolute Gasteiger partial charge is 0.481 e. The highest BCUT2D eigenvalue weighted by Crippen LogP contribution is 2.66. The van der Waals surface area contributed by atoms with Crippen LogP contribution in [0.15, 0.2) is 48.5 Å². The Hall–Kier alpha value is -5.59. The summed E-state index contributed by atoms with van der Waals surface area (Å²) in [5.41, 5.74) is 8.63. The number of carbonyl (C=O) groups is 9. The average molecular weight is 999 g/mol. The van der Waals surface area contributed by atoms with Crippen LogP contribution in [-0.2, 0) is 54.1 Å². The van der Waals surface area contributed by atoms with Crippen molar-refractivity contribution in [3.63, 3.8) is 0 Å². The summed E-state index contributed by atoms with van der Waals surface area (Å²) in [5.74, 6) is -8.07. The Balaban J connectivity index is 1.10. The van der Waals surface area contributed by atoms with Gasteiger partial charge in [-0.25, -0.2) is 0 Å². The molecule has 4 amide bonds. The average Bonchev–Trinajstić information content (AvgIpc) is 3.71. The fourth-order valence-electron chi connectivity index (χ4n) is 10.7. The van der Waals surface area contributed by atoms with Gasteiger partial charge < -0.3 is 40.8 Å². The predicted molar refractivity (Wildman–Crippen MR) is 269 cm³/mol. The maximum Gasteiger partial charge on any atom is 0.461 e. The second-order valence-electron chi connectivity index (χ2n) is 21.3. The first-order chi connectivity index (χ1) is 33.9. The lowest BCUT2D eigenvalue weighted by Gasteiger charge is -2.64. The van der Waals surface area contributed by atoms with Gasteiger partial charge in [-0.05, 0) is 85.7 Å². The summed E-state index contributed by atoms with van der Waals surface area (Å²) in [6.07, 6.45) is 2.11. The molecule has 18 heteroatoms. The molecule has 3 aliphatic carbocycles. The minimum Gasteiger partial charge on any atom is -0.481 e. The van der Waals surface area contributed by atoms with Crippen molar-refractivity contribution in [3.8, 4) is 11.1 Å². The van der Waals surface area contributed by atoms with E-state index in [9.17, 15) is 53.4 Å². The van der Waals surface area contributed by atoms with Gasteiger partial charge in [0.05, 0.1) is 48.8 Å². The number of aliphatic hydroxyl groups is 1. The lowest BCUT2D eigenvalue weighted by Crippen LogP contribution is -2.65. The number of hydrogen-bond donors (Lipinski definition) is 5. The van der Waals surface area contributed by atoms with E-state index in [2.05, 4.69) is 50.5 Å². The summed E-state index contributed by atoms with van der Waals surface area (Å²) in [5, 5.41) is 24.6. The van der Waals surface area contributed by atoms with E-state index in [1.165, 1.54) is 26.5 Å². The van der Waals surface area contributed by atoms with Gasteiger partial charge in [-0.1, -0.05) is 89.6 Å². The van der Waals surface area contributed by atoms with Crippen LogP contribution in [0.4, 0.5) is 0 Å². The number of carbonyl (C=O) groups excluding carboxylic acids is 8. The smallest absolute Gasteiger partial charge is 0.461 e. The van der Waals surface area contributed by atoms with E-state index in [4.69, 9.17) is 15.0 Å². The van der Waals surface area contributed by atoms with Gasteiger partial charge in [0.1, 0.15) is 0 Å². The number of nitrogens with two attached hydrogens (primary N) is 1. The highest BCUT2D eigenvalue weighted by Gasteiger charge is 2.68. The van der Waals surface area contributed by atoms with Crippen molar-refractivity contribution >= 4 is 59.8 Å². The molecule has 6 N–H and O–H groups in total. The number of Topliss-reactive ketones (excluding diaryl/α,β-unsaturated/α-hetero) is 4. The van der Waals surface area contributed by atoms with Crippen molar-refractivity contribution in [1.29, 1.82) is 0 Å². The Kier molecular flexibility index (Phi) is 19.8. The van der Waals surface area contributed by atoms with Gasteiger partial charge >= 0.3 is 13.1 Å². The molecule has 4 aliphatic rings. The van der Waals surface area contributed by atoms with Gasteiger partial charge in [0.2, 0.25) is 23.6 Å². The molecule has 392 valence electrons. The predicted octanol–water partition coefficient (Wildman–Crippen LogP) is 5.46. The normalized spacial score (nSPS) is 22.1. The third-order valence-corrected chi connectivity index (χ3v) is 15.6. The Bertz CT molecular complexity index is 2320. The van der Waals surface area contributed by atoms with Crippen LogP contribution >= 0.6 is 0 Å². The lowest BCUT2D eigenvalue weighted by atomic mass is 9.43. The first kappa shape index (κ1) is 57.3. The maximum absolute atomic E-state index is 13.7. The van der Waals surface area contributed by atoms with E-state index in [1.54, 1.807) is 12.1 Å². The van der Waals surface area contributed by atoms with Gasteiger partial charge in [0.15, 0.2) is 23.1 Å². The van der Waals surface area contributed by atoms with E-state index >= 15 is 0 Å². The highest BCUT2D eigenvalue weighted by atomic mass is 16.7. The first-order valence-corrected chi connectivity index (χ1v) is 25.5. The molecule has 1 saturated heterocycles. The van der Waals surface area contributed by atoms with E-state index in [-0.39, 0.29) is 43.0 Å². The summed E-state index contributed by atoms with van der Waals surface area (Å²) in [6.45, 7) is 12.7. The number of aliphatic hydroxyl groups excluding tert-OH is 1. The number of likely N-dealkylation sites (N-methyl/N-ethyl adjacent to an activating group) is 1. The third kappa shape index (κ3) is 14.1. The van der Waals surface area contributed by atoms with Crippen molar-refractivity contribution < 1.29 is 62.7 Å². The number of benzene rings is 2. The van der Waals surface area contributed by atoms with Gasteiger partial charge in [-0.2, -0.15) is 0 Å². The molecule has 72 heavy (non-hydrogen) atoms. The molecule has 10 atom stereocenters. The van der Waals surface area contributed by atoms with Gasteiger partial charge in [-0.3, -0.25) is 43.2 Å². The number of primary amides is 1. The Labute approximate surface area is 423 Å². The molecule has 1 aliphatic heterocycles. The summed E-state index contributed by atoms with van der Waals surface area (Å²) in [6, 6.07) is 11.5. The molecule has 2 aromatic rings. The number of carboxylic acids is 1. The zero-order valence-corrected chi connectivity index (χ0v) is 43.2. The first-order valence-electron chi connectivity index (χ1n) is 25.5. The molecule has 2 aromatic carbocycles. The number of ketones is 4. The van der Waals surface area contributed by atoms with Crippen molar-refractivity contribution in [1.82, 2.24) is 15.5 Å². The number of unbranched alkanes of at least 4 members (excludes halogenated alkanes) is 1. The van der Waals surface area contributed by atoms with E-state index < -0.39 is 128 Å². The van der Waals surface area contributed by atoms with E-state index in [0.29, 0.717) is 17.4 Å². The molecule has 6 rings (SSSR count). The standard InChI is InChI=1S/C54H75BN4O13/c1-9-10-11-34-12-14-35(15-13-34)36-16-18-37(19-17-36)43(62)26-38(30-60)52(70)57-33(4)42(61)21-22-49(66)59(8)41(20-23-50(67)68)45(64)24-31(2)51(69)58-40(29-48(56)65)44(63)25-32(3)55-71-47-28-39-27-46(53(39,5)6)54(47,7)72-55/h12-19,31-33,38-41,46-47,60H,9-11,20-30H2,1-8H3,(H2,56,65)(H,57,70)(H,58,69)(H,67,68)/t31-,32-,33?,38-,39+,40+,41+,46+,47?,54+/m1/s1. The van der Waals surface area contributed by atoms with E-state index in [1.807, 2.05) is 31.2 Å². The summed E-state index contributed by atoms with van der Waals surface area (Å²) in [7, 11) is 0.618. The number of rotatable bonds is 29. The molecule has 0 radical (unpaired) electrons. The topological polar surface area (TPSA) is 266 Å². The highest BCUT2D eigenvalue weighted by molar-refractivity contribution is 6.47. The maximum atomic E-state index is 13.7. The molecular weight excluding hydrogens is 923 g/mol. The van der Waals surface area contributed by atoms with Crippen LogP contribution in [-0.4, -0.2) is 118 Å². The summed E-state index contributed by atoms with van der Waals surface area (Å²) < 4.78 is 12.9. The number of hydrogen-bond acceptors (Lipinski definition) is 12. The van der Waals surface area contributed by atoms with Crippen molar-refractivity contribution in [2.24, 2.45) is 34.8 Å². The molecule has 17 nitrogen and oxygen atoms in total. The molecule has 2 unspecified atom stereocenters. The van der Waals surface area contributed by atoms with E-state index in [0.717, 1.165) is 48.1 Å². The molecule has 1 heterocycles. The van der Waals surface area contributed by atoms with Gasteiger partial charge in [0, 0.05) is 57.1 Å². The van der Waals surface area contributed by atoms with Crippen LogP contribution in [0.5, 0.6) is 0 Å². The zero-order valence-electron chi connectivity index (χ0n) is 43.2. The minimum atomic E-state index is -1.30. The molecule has 4 fully saturated rings. The lowest BCUT2D eigenvalue weighted by molar-refractivity contribution is -0.199. The number of aryl methyl sites for hydroxylation is 1. The SMILES string of the molecule is CCCCc1ccc(-c2ccc(C(=O)C[C@H](CO)C(=O)NC(C)C(=O)CCC(=O)N(C)[C@@H](CCC(=O)O)C(=O)C[C@@H](C)C(=O)N[C@@H](CC(N)=O)C(=O)C[C@@H](C)B3OC4C[C@@H]5C[C@@H](C5(C)C)[C@]4(C)O3)cc2)cc1. The fourth-order valence-corrected chi connectivity index (χ4v) is 10.7. The van der Waals surface area contributed by atoms with Crippen LogP contribution in [0.2, 0.25) is 5.82 Å².